The first-order chi connectivity index (χ1) is 20.9. The minimum atomic E-state index is -0.430. The Labute approximate surface area is 251 Å². The SMILES string of the molecule is CC#CCn1c(N2CCC[C@@H](N3CC3C3CCCCC3)C2)nc2c1c(=O)n(Cc1nc(C)c3ccccc3n1)c(=O)n2C. The third-order valence-electron chi connectivity index (χ3n) is 9.80. The van der Waals surface area contributed by atoms with Crippen LogP contribution in [-0.2, 0) is 20.1 Å². The van der Waals surface area contributed by atoms with Crippen LogP contribution in [0.3, 0.4) is 0 Å². The highest BCUT2D eigenvalue weighted by molar-refractivity contribution is 5.80. The van der Waals surface area contributed by atoms with E-state index in [1.54, 1.807) is 14.0 Å². The standard InChI is InChI=1S/C33H40N8O2/c1-4-5-18-39-29-30(36-32(39)38-17-11-14-24(19-38)40-20-27(40)23-12-7-6-8-13-23)37(3)33(43)41(31(29)42)21-28-34-22(2)25-15-9-10-16-26(25)35-28/h9-10,15-16,23-24,27H,6-8,11-14,17-21H2,1-3H3/t24-,27?,40?/m1/s1. The molecule has 0 amide bonds. The van der Waals surface area contributed by atoms with Gasteiger partial charge in [0.1, 0.15) is 5.82 Å². The Hall–Kier alpha value is -3.97. The van der Waals surface area contributed by atoms with Crippen molar-refractivity contribution in [3.63, 3.8) is 0 Å². The van der Waals surface area contributed by atoms with Gasteiger partial charge < -0.3 is 4.90 Å². The summed E-state index contributed by atoms with van der Waals surface area (Å²) in [5.41, 5.74) is 1.57. The van der Waals surface area contributed by atoms with E-state index in [2.05, 4.69) is 31.6 Å². The molecule has 2 saturated heterocycles. The van der Waals surface area contributed by atoms with Gasteiger partial charge in [0.05, 0.1) is 18.6 Å². The van der Waals surface area contributed by atoms with Gasteiger partial charge in [0, 0.05) is 49.8 Å². The Morgan fingerprint density at radius 2 is 1.77 bits per heavy atom. The minimum absolute atomic E-state index is 0.0175. The van der Waals surface area contributed by atoms with E-state index >= 15 is 0 Å². The van der Waals surface area contributed by atoms with E-state index in [4.69, 9.17) is 4.98 Å². The van der Waals surface area contributed by atoms with Gasteiger partial charge in [-0.15, -0.1) is 5.92 Å². The Morgan fingerprint density at radius 1 is 0.953 bits per heavy atom. The van der Waals surface area contributed by atoms with Crippen molar-refractivity contribution in [2.24, 2.45) is 13.0 Å². The largest absolute Gasteiger partial charge is 0.341 e. The zero-order chi connectivity index (χ0) is 29.7. The van der Waals surface area contributed by atoms with E-state index in [-0.39, 0.29) is 12.1 Å². The molecule has 0 radical (unpaired) electrons. The number of hydrogen-bond donors (Lipinski definition) is 0. The van der Waals surface area contributed by atoms with E-state index < -0.39 is 5.69 Å². The third-order valence-corrected chi connectivity index (χ3v) is 9.80. The van der Waals surface area contributed by atoms with Crippen molar-refractivity contribution in [3.8, 4) is 11.8 Å². The van der Waals surface area contributed by atoms with Crippen LogP contribution in [0.4, 0.5) is 5.95 Å². The second-order valence-electron chi connectivity index (χ2n) is 12.5. The van der Waals surface area contributed by atoms with Crippen molar-refractivity contribution in [3.05, 3.63) is 56.6 Å². The van der Waals surface area contributed by atoms with Crippen molar-refractivity contribution in [2.45, 2.75) is 84.0 Å². The van der Waals surface area contributed by atoms with Gasteiger partial charge in [0.15, 0.2) is 11.2 Å². The summed E-state index contributed by atoms with van der Waals surface area (Å²) < 4.78 is 4.63. The lowest BCUT2D eigenvalue weighted by atomic mass is 9.86. The molecule has 0 bridgehead atoms. The maximum Gasteiger partial charge on any atom is 0.332 e. The summed E-state index contributed by atoms with van der Waals surface area (Å²) in [5.74, 6) is 8.13. The normalized spacial score (nSPS) is 22.6. The first kappa shape index (κ1) is 27.8. The summed E-state index contributed by atoms with van der Waals surface area (Å²) >= 11 is 0. The van der Waals surface area contributed by atoms with Gasteiger partial charge in [0.25, 0.3) is 5.56 Å². The average molecular weight is 581 g/mol. The summed E-state index contributed by atoms with van der Waals surface area (Å²) in [6, 6.07) is 8.98. The summed E-state index contributed by atoms with van der Waals surface area (Å²) in [7, 11) is 1.68. The summed E-state index contributed by atoms with van der Waals surface area (Å²) in [6.45, 7) is 6.98. The van der Waals surface area contributed by atoms with Crippen LogP contribution in [0.5, 0.6) is 0 Å². The molecule has 1 aromatic carbocycles. The lowest BCUT2D eigenvalue weighted by Crippen LogP contribution is -2.44. The lowest BCUT2D eigenvalue weighted by molar-refractivity contribution is 0.257. The van der Waals surface area contributed by atoms with Crippen molar-refractivity contribution in [1.29, 1.82) is 0 Å². The molecule has 1 saturated carbocycles. The van der Waals surface area contributed by atoms with Crippen molar-refractivity contribution < 1.29 is 0 Å². The van der Waals surface area contributed by atoms with Crippen molar-refractivity contribution in [1.82, 2.24) is 33.6 Å². The monoisotopic (exact) mass is 580 g/mol. The number of anilines is 1. The van der Waals surface area contributed by atoms with E-state index in [9.17, 15) is 9.59 Å². The quantitative estimate of drug-likeness (QED) is 0.255. The van der Waals surface area contributed by atoms with Crippen LogP contribution in [-0.4, -0.2) is 65.3 Å². The van der Waals surface area contributed by atoms with Gasteiger partial charge in [0.2, 0.25) is 5.95 Å². The molecule has 2 aliphatic heterocycles. The molecule has 3 aliphatic rings. The molecule has 2 unspecified atom stereocenters. The van der Waals surface area contributed by atoms with Crippen LogP contribution in [0, 0.1) is 24.7 Å². The van der Waals surface area contributed by atoms with E-state index in [1.165, 1.54) is 54.2 Å². The number of benzene rings is 1. The molecule has 1 aliphatic carbocycles. The van der Waals surface area contributed by atoms with Crippen LogP contribution >= 0.6 is 0 Å². The summed E-state index contributed by atoms with van der Waals surface area (Å²) in [5, 5.41) is 0.954. The number of piperidine rings is 1. The number of rotatable bonds is 6. The first-order valence-electron chi connectivity index (χ1n) is 15.8. The maximum absolute atomic E-state index is 14.1. The van der Waals surface area contributed by atoms with E-state index in [1.807, 2.05) is 35.8 Å². The van der Waals surface area contributed by atoms with Crippen LogP contribution in [0.2, 0.25) is 0 Å². The number of para-hydroxylation sites is 1. The predicted molar refractivity (Wildman–Crippen MR) is 168 cm³/mol. The molecular weight excluding hydrogens is 540 g/mol. The van der Waals surface area contributed by atoms with Gasteiger partial charge in [-0.2, -0.15) is 4.98 Å². The summed E-state index contributed by atoms with van der Waals surface area (Å²) in [6.07, 6.45) is 9.12. The van der Waals surface area contributed by atoms with Gasteiger partial charge >= 0.3 is 5.69 Å². The smallest absolute Gasteiger partial charge is 0.332 e. The second-order valence-corrected chi connectivity index (χ2v) is 12.5. The molecule has 7 rings (SSSR count). The van der Waals surface area contributed by atoms with Crippen LogP contribution in [0.15, 0.2) is 33.9 Å². The summed E-state index contributed by atoms with van der Waals surface area (Å²) in [4.78, 5) is 46.9. The molecule has 43 heavy (non-hydrogen) atoms. The van der Waals surface area contributed by atoms with Crippen molar-refractivity contribution >= 4 is 28.0 Å². The highest BCUT2D eigenvalue weighted by Gasteiger charge is 2.45. The van der Waals surface area contributed by atoms with Gasteiger partial charge in [-0.1, -0.05) is 43.4 Å². The molecule has 5 heterocycles. The molecule has 3 fully saturated rings. The second kappa shape index (κ2) is 11.3. The van der Waals surface area contributed by atoms with Gasteiger partial charge in [-0.3, -0.25) is 23.4 Å². The molecule has 3 aromatic heterocycles. The number of imidazole rings is 1. The van der Waals surface area contributed by atoms with Gasteiger partial charge in [-0.25, -0.2) is 14.8 Å². The van der Waals surface area contributed by atoms with Crippen LogP contribution in [0.1, 0.15) is 63.4 Å². The lowest BCUT2D eigenvalue weighted by Gasteiger charge is -2.35. The molecule has 10 heteroatoms. The molecule has 4 aromatic rings. The molecule has 10 nitrogen and oxygen atoms in total. The zero-order valence-electron chi connectivity index (χ0n) is 25.4. The Kier molecular flexibility index (Phi) is 7.29. The number of hydrogen-bond acceptors (Lipinski definition) is 7. The molecular formula is C33H40N8O2. The maximum atomic E-state index is 14.1. The first-order valence-corrected chi connectivity index (χ1v) is 15.8. The topological polar surface area (TPSA) is 93.8 Å². The van der Waals surface area contributed by atoms with Crippen molar-refractivity contribution in [2.75, 3.05) is 24.5 Å². The van der Waals surface area contributed by atoms with E-state index in [0.717, 1.165) is 54.0 Å². The predicted octanol–water partition coefficient (Wildman–Crippen LogP) is 3.45. The number of aromatic nitrogens is 6. The number of nitrogens with zero attached hydrogens (tertiary/aromatic N) is 8. The third kappa shape index (κ3) is 5.03. The molecule has 0 N–H and O–H groups in total. The van der Waals surface area contributed by atoms with Gasteiger partial charge in [-0.05, 0) is 51.5 Å². The highest BCUT2D eigenvalue weighted by Crippen LogP contribution is 2.39. The molecule has 0 spiro atoms. The number of aryl methyl sites for hydroxylation is 2. The molecule has 224 valence electrons. The van der Waals surface area contributed by atoms with Crippen LogP contribution < -0.4 is 16.1 Å². The Bertz CT molecular complexity index is 1870. The van der Waals surface area contributed by atoms with E-state index in [0.29, 0.717) is 29.6 Å². The highest BCUT2D eigenvalue weighted by atomic mass is 16.2. The average Bonchev–Trinajstić information content (AvgIpc) is 3.75. The number of fused-ring (bicyclic) bond motifs is 2. The van der Waals surface area contributed by atoms with Crippen LogP contribution in [0.25, 0.3) is 22.1 Å². The zero-order valence-corrected chi connectivity index (χ0v) is 25.4. The fourth-order valence-electron chi connectivity index (χ4n) is 7.49. The fraction of sp³-hybridized carbons (Fsp3) is 0.545. The Morgan fingerprint density at radius 3 is 2.58 bits per heavy atom. The molecule has 3 atom stereocenters. The Balaban J connectivity index is 1.25. The minimum Gasteiger partial charge on any atom is -0.341 e. The fourth-order valence-corrected chi connectivity index (χ4v) is 7.49.